The molecular weight excluding hydrogens is 410 g/mol. The Hall–Kier alpha value is -3.84. The van der Waals surface area contributed by atoms with Crippen molar-refractivity contribution >= 4 is 23.4 Å². The molecule has 0 spiro atoms. The molecule has 0 atom stereocenters. The molecule has 1 heterocycles. The maximum Gasteiger partial charge on any atom is 0.252 e. The first-order valence-corrected chi connectivity index (χ1v) is 10.6. The highest BCUT2D eigenvalue weighted by Gasteiger charge is 2.08. The Labute approximate surface area is 183 Å². The summed E-state index contributed by atoms with van der Waals surface area (Å²) in [5.74, 6) is 1.34. The number of carbonyl (C=O) groups excluding carboxylic acids is 1. The van der Waals surface area contributed by atoms with E-state index < -0.39 is 0 Å². The number of carbonyl (C=O) groups is 1. The van der Waals surface area contributed by atoms with Gasteiger partial charge >= 0.3 is 0 Å². The first kappa shape index (κ1) is 20.4. The van der Waals surface area contributed by atoms with Crippen LogP contribution in [0, 0.1) is 0 Å². The van der Waals surface area contributed by atoms with Crippen molar-refractivity contribution in [1.29, 1.82) is 0 Å². The first-order valence-electron chi connectivity index (χ1n) is 9.58. The number of thioether (sulfide) groups is 1. The van der Waals surface area contributed by atoms with Crippen LogP contribution in [-0.4, -0.2) is 21.6 Å². The maximum atomic E-state index is 12.3. The predicted octanol–water partition coefficient (Wildman–Crippen LogP) is 4.96. The average Bonchev–Trinajstić information content (AvgIpc) is 2.80. The van der Waals surface area contributed by atoms with Crippen molar-refractivity contribution in [2.24, 2.45) is 0 Å². The summed E-state index contributed by atoms with van der Waals surface area (Å²) in [6, 6.07) is 27.5. The summed E-state index contributed by atoms with van der Waals surface area (Å²) >= 11 is 1.17. The minimum absolute atomic E-state index is 0.115. The number of anilines is 1. The van der Waals surface area contributed by atoms with E-state index in [-0.39, 0.29) is 17.2 Å². The number of rotatable bonds is 7. The number of aromatic nitrogens is 2. The number of nitrogens with zero attached hydrogens (tertiary/aromatic N) is 1. The number of hydrogen-bond donors (Lipinski definition) is 2. The van der Waals surface area contributed by atoms with Gasteiger partial charge in [-0.05, 0) is 36.4 Å². The number of aromatic amines is 1. The van der Waals surface area contributed by atoms with Crippen molar-refractivity contribution in [3.8, 4) is 22.8 Å². The molecule has 3 aromatic carbocycles. The van der Waals surface area contributed by atoms with Crippen LogP contribution in [0.25, 0.3) is 11.3 Å². The van der Waals surface area contributed by atoms with E-state index in [2.05, 4.69) is 15.3 Å². The molecule has 0 aliphatic rings. The molecule has 0 bridgehead atoms. The van der Waals surface area contributed by atoms with Gasteiger partial charge in [-0.15, -0.1) is 0 Å². The minimum atomic E-state index is -0.259. The molecule has 2 N–H and O–H groups in total. The van der Waals surface area contributed by atoms with Gasteiger partial charge in [0, 0.05) is 17.3 Å². The van der Waals surface area contributed by atoms with Crippen molar-refractivity contribution < 1.29 is 9.53 Å². The lowest BCUT2D eigenvalue weighted by Gasteiger charge is -2.08. The van der Waals surface area contributed by atoms with E-state index in [1.165, 1.54) is 17.8 Å². The summed E-state index contributed by atoms with van der Waals surface area (Å²) < 4.78 is 5.74. The smallest absolute Gasteiger partial charge is 0.252 e. The summed E-state index contributed by atoms with van der Waals surface area (Å²) in [5, 5.41) is 3.23. The van der Waals surface area contributed by atoms with Gasteiger partial charge in [-0.2, -0.15) is 0 Å². The molecule has 0 aliphatic heterocycles. The van der Waals surface area contributed by atoms with Crippen molar-refractivity contribution in [1.82, 2.24) is 9.97 Å². The predicted molar refractivity (Wildman–Crippen MR) is 123 cm³/mol. The number of hydrogen-bond acceptors (Lipinski definition) is 5. The van der Waals surface area contributed by atoms with Gasteiger partial charge in [0.25, 0.3) is 5.56 Å². The largest absolute Gasteiger partial charge is 0.457 e. The molecule has 0 aliphatic carbocycles. The van der Waals surface area contributed by atoms with Gasteiger partial charge in [-0.3, -0.25) is 9.59 Å². The van der Waals surface area contributed by atoms with Crippen LogP contribution < -0.4 is 15.6 Å². The second kappa shape index (κ2) is 9.77. The quantitative estimate of drug-likeness (QED) is 0.320. The molecule has 31 heavy (non-hydrogen) atoms. The van der Waals surface area contributed by atoms with Crippen molar-refractivity contribution in [3.05, 3.63) is 101 Å². The number of H-pyrrole nitrogens is 1. The second-order valence-electron chi connectivity index (χ2n) is 6.58. The Balaban J connectivity index is 1.34. The van der Waals surface area contributed by atoms with Gasteiger partial charge in [0.1, 0.15) is 11.5 Å². The molecule has 0 saturated carbocycles. The summed E-state index contributed by atoms with van der Waals surface area (Å²) in [6.45, 7) is 0. The number of ether oxygens (including phenoxy) is 1. The van der Waals surface area contributed by atoms with Gasteiger partial charge in [0.15, 0.2) is 5.16 Å². The van der Waals surface area contributed by atoms with Crippen molar-refractivity contribution in [2.75, 3.05) is 11.1 Å². The zero-order valence-electron chi connectivity index (χ0n) is 16.4. The molecule has 0 unspecified atom stereocenters. The summed E-state index contributed by atoms with van der Waals surface area (Å²) in [7, 11) is 0. The third kappa shape index (κ3) is 5.83. The fourth-order valence-electron chi connectivity index (χ4n) is 2.82. The Kier molecular flexibility index (Phi) is 6.44. The molecule has 154 valence electrons. The highest BCUT2D eigenvalue weighted by atomic mass is 32.2. The summed E-state index contributed by atoms with van der Waals surface area (Å²) in [4.78, 5) is 31.4. The van der Waals surface area contributed by atoms with E-state index in [0.717, 1.165) is 11.3 Å². The number of benzene rings is 3. The average molecular weight is 430 g/mol. The number of amides is 1. The van der Waals surface area contributed by atoms with Gasteiger partial charge in [-0.1, -0.05) is 60.3 Å². The number of nitrogens with one attached hydrogen (secondary N) is 2. The lowest BCUT2D eigenvalue weighted by Crippen LogP contribution is -2.15. The zero-order chi connectivity index (χ0) is 21.5. The molecule has 1 aromatic heterocycles. The summed E-state index contributed by atoms with van der Waals surface area (Å²) in [5.41, 5.74) is 1.82. The molecule has 7 heteroatoms. The van der Waals surface area contributed by atoms with Crippen LogP contribution in [0.4, 0.5) is 5.69 Å². The molecule has 4 rings (SSSR count). The molecule has 1 amide bonds. The zero-order valence-corrected chi connectivity index (χ0v) is 17.3. The second-order valence-corrected chi connectivity index (χ2v) is 7.54. The van der Waals surface area contributed by atoms with Crippen LogP contribution >= 0.6 is 11.8 Å². The van der Waals surface area contributed by atoms with E-state index >= 15 is 0 Å². The van der Waals surface area contributed by atoms with E-state index in [1.807, 2.05) is 60.7 Å². The van der Waals surface area contributed by atoms with Crippen LogP contribution in [-0.2, 0) is 4.79 Å². The third-order valence-electron chi connectivity index (χ3n) is 4.25. The van der Waals surface area contributed by atoms with Crippen molar-refractivity contribution in [2.45, 2.75) is 5.16 Å². The van der Waals surface area contributed by atoms with E-state index in [1.54, 1.807) is 24.3 Å². The van der Waals surface area contributed by atoms with Crippen LogP contribution in [0.2, 0.25) is 0 Å². The maximum absolute atomic E-state index is 12.3. The third-order valence-corrected chi connectivity index (χ3v) is 5.12. The van der Waals surface area contributed by atoms with Gasteiger partial charge in [0.2, 0.25) is 5.91 Å². The van der Waals surface area contributed by atoms with E-state index in [4.69, 9.17) is 4.74 Å². The Morgan fingerprint density at radius 1 is 0.903 bits per heavy atom. The van der Waals surface area contributed by atoms with Gasteiger partial charge in [0.05, 0.1) is 11.4 Å². The molecule has 0 saturated heterocycles. The van der Waals surface area contributed by atoms with Crippen LogP contribution in [0.15, 0.2) is 101 Å². The normalized spacial score (nSPS) is 10.5. The SMILES string of the molecule is O=C(CSc1nc(-c2ccccc2)cc(=O)[nH]1)Nc1ccc(Oc2ccccc2)cc1. The molecule has 6 nitrogen and oxygen atoms in total. The molecular formula is C24H19N3O3S. The van der Waals surface area contributed by atoms with Crippen LogP contribution in [0.3, 0.4) is 0 Å². The summed E-state index contributed by atoms with van der Waals surface area (Å²) in [6.07, 6.45) is 0. The molecule has 4 aromatic rings. The molecule has 0 fully saturated rings. The fourth-order valence-corrected chi connectivity index (χ4v) is 3.50. The van der Waals surface area contributed by atoms with Crippen LogP contribution in [0.1, 0.15) is 0 Å². The standard InChI is InChI=1S/C24H19N3O3S/c28-22-15-21(17-7-3-1-4-8-17)26-24(27-22)31-16-23(29)25-18-11-13-20(14-12-18)30-19-9-5-2-6-10-19/h1-15H,16H2,(H,25,29)(H,26,27,28). The monoisotopic (exact) mass is 429 g/mol. The first-order chi connectivity index (χ1) is 15.2. The van der Waals surface area contributed by atoms with Gasteiger partial charge in [-0.25, -0.2) is 4.98 Å². The Bertz CT molecular complexity index is 1210. The molecule has 0 radical (unpaired) electrons. The van der Waals surface area contributed by atoms with Crippen molar-refractivity contribution in [3.63, 3.8) is 0 Å². The van der Waals surface area contributed by atoms with Crippen LogP contribution in [0.5, 0.6) is 11.5 Å². The highest BCUT2D eigenvalue weighted by Crippen LogP contribution is 2.23. The Morgan fingerprint density at radius 2 is 1.55 bits per heavy atom. The fraction of sp³-hybridized carbons (Fsp3) is 0.0417. The van der Waals surface area contributed by atoms with E-state index in [0.29, 0.717) is 22.3 Å². The van der Waals surface area contributed by atoms with E-state index in [9.17, 15) is 9.59 Å². The Morgan fingerprint density at radius 3 is 2.26 bits per heavy atom. The highest BCUT2D eigenvalue weighted by molar-refractivity contribution is 7.99. The minimum Gasteiger partial charge on any atom is -0.457 e. The number of para-hydroxylation sites is 1. The van der Waals surface area contributed by atoms with Gasteiger partial charge < -0.3 is 15.0 Å². The topological polar surface area (TPSA) is 84.1 Å². The lowest BCUT2D eigenvalue weighted by molar-refractivity contribution is -0.113. The lowest BCUT2D eigenvalue weighted by atomic mass is 10.1.